The highest BCUT2D eigenvalue weighted by molar-refractivity contribution is 5.91. The molecule has 0 unspecified atom stereocenters. The molecule has 0 fully saturated rings. The van der Waals surface area contributed by atoms with E-state index in [0.29, 0.717) is 28.0 Å². The lowest BCUT2D eigenvalue weighted by Crippen LogP contribution is -2.28. The molecule has 2 N–H and O–H groups in total. The fourth-order valence-corrected chi connectivity index (χ4v) is 2.84. The minimum absolute atomic E-state index is 0.148. The van der Waals surface area contributed by atoms with Gasteiger partial charge in [0.05, 0.1) is 17.5 Å². The molecule has 2 amide bonds. The molecule has 0 radical (unpaired) electrons. The molecule has 2 aromatic carbocycles. The number of anilines is 1. The summed E-state index contributed by atoms with van der Waals surface area (Å²) in [6.45, 7) is 0.148. The molecule has 0 aliphatic carbocycles. The Morgan fingerprint density at radius 3 is 2.86 bits per heavy atom. The summed E-state index contributed by atoms with van der Waals surface area (Å²) in [5, 5.41) is 5.31. The molecule has 0 aliphatic heterocycles. The van der Waals surface area contributed by atoms with E-state index < -0.39 is 17.6 Å². The van der Waals surface area contributed by atoms with Crippen molar-refractivity contribution in [1.82, 2.24) is 19.4 Å². The Balaban J connectivity index is 1.40. The molecular formula is C19H16FN5O3. The second kappa shape index (κ2) is 7.03. The quantitative estimate of drug-likeness (QED) is 0.568. The summed E-state index contributed by atoms with van der Waals surface area (Å²) in [6, 6.07) is 9.16. The summed E-state index contributed by atoms with van der Waals surface area (Å²) in [4.78, 5) is 27.5. The monoisotopic (exact) mass is 381 g/mol. The third kappa shape index (κ3) is 3.37. The molecule has 8 nitrogen and oxygen atoms in total. The number of rotatable bonds is 4. The summed E-state index contributed by atoms with van der Waals surface area (Å²) in [5.74, 6) is -0.889. The van der Waals surface area contributed by atoms with Crippen LogP contribution in [0.4, 0.5) is 14.9 Å². The molecule has 142 valence electrons. The van der Waals surface area contributed by atoms with Crippen LogP contribution >= 0.6 is 0 Å². The van der Waals surface area contributed by atoms with E-state index in [4.69, 9.17) is 4.42 Å². The van der Waals surface area contributed by atoms with Gasteiger partial charge in [-0.1, -0.05) is 6.07 Å². The number of carbonyl (C=O) groups is 1. The second-order valence-electron chi connectivity index (χ2n) is 6.17. The molecule has 4 aromatic rings. The van der Waals surface area contributed by atoms with Gasteiger partial charge in [0.2, 0.25) is 0 Å². The van der Waals surface area contributed by atoms with Gasteiger partial charge in [0.25, 0.3) is 0 Å². The first-order chi connectivity index (χ1) is 13.5. The first-order valence-electron chi connectivity index (χ1n) is 8.42. The largest absolute Gasteiger partial charge is 0.419 e. The number of hydrogen-bond acceptors (Lipinski definition) is 4. The van der Waals surface area contributed by atoms with E-state index in [9.17, 15) is 14.0 Å². The SMILES string of the molecule is Cn1c(=O)oc2cc(NC(=O)NCc3ccc(-n4ccnc4)c(F)c3)ccc21. The number of imidazole rings is 1. The predicted octanol–water partition coefficient (Wildman–Crippen LogP) is 2.78. The number of benzene rings is 2. The Morgan fingerprint density at radius 2 is 2.11 bits per heavy atom. The van der Waals surface area contributed by atoms with Gasteiger partial charge >= 0.3 is 11.8 Å². The topological polar surface area (TPSA) is 94.1 Å². The fraction of sp³-hybridized carbons (Fsp3) is 0.105. The van der Waals surface area contributed by atoms with Crippen molar-refractivity contribution in [1.29, 1.82) is 0 Å². The van der Waals surface area contributed by atoms with Gasteiger partial charge in [-0.05, 0) is 29.8 Å². The van der Waals surface area contributed by atoms with Gasteiger partial charge in [0, 0.05) is 37.7 Å². The lowest BCUT2D eigenvalue weighted by Gasteiger charge is -2.09. The van der Waals surface area contributed by atoms with Crippen molar-refractivity contribution in [2.24, 2.45) is 7.05 Å². The number of fused-ring (bicyclic) bond motifs is 1. The Hall–Kier alpha value is -3.88. The number of hydrogen-bond donors (Lipinski definition) is 2. The highest BCUT2D eigenvalue weighted by atomic mass is 19.1. The van der Waals surface area contributed by atoms with Gasteiger partial charge in [0.15, 0.2) is 5.58 Å². The molecule has 4 rings (SSSR count). The highest BCUT2D eigenvalue weighted by Crippen LogP contribution is 2.18. The molecular weight excluding hydrogens is 365 g/mol. The lowest BCUT2D eigenvalue weighted by atomic mass is 10.2. The van der Waals surface area contributed by atoms with Crippen LogP contribution in [0.2, 0.25) is 0 Å². The number of nitrogens with zero attached hydrogens (tertiary/aromatic N) is 3. The summed E-state index contributed by atoms with van der Waals surface area (Å²) < 4.78 is 22.3. The number of aryl methyl sites for hydroxylation is 1. The first-order valence-corrected chi connectivity index (χ1v) is 8.42. The minimum Gasteiger partial charge on any atom is -0.408 e. The van der Waals surface area contributed by atoms with Crippen LogP contribution in [0.1, 0.15) is 5.56 Å². The summed E-state index contributed by atoms with van der Waals surface area (Å²) in [5.41, 5.74) is 2.47. The van der Waals surface area contributed by atoms with Crippen LogP contribution in [0.15, 0.2) is 64.3 Å². The summed E-state index contributed by atoms with van der Waals surface area (Å²) >= 11 is 0. The van der Waals surface area contributed by atoms with Crippen molar-refractivity contribution in [3.05, 3.63) is 77.1 Å². The second-order valence-corrected chi connectivity index (χ2v) is 6.17. The number of amides is 2. The normalized spacial score (nSPS) is 10.9. The Kier molecular flexibility index (Phi) is 4.40. The van der Waals surface area contributed by atoms with Gasteiger partial charge in [-0.25, -0.2) is 19.0 Å². The molecule has 0 bridgehead atoms. The summed E-state index contributed by atoms with van der Waals surface area (Å²) in [6.07, 6.45) is 4.72. The van der Waals surface area contributed by atoms with E-state index >= 15 is 0 Å². The number of carbonyl (C=O) groups excluding carboxylic acids is 1. The number of halogens is 1. The van der Waals surface area contributed by atoms with Crippen LogP contribution < -0.4 is 16.4 Å². The smallest absolute Gasteiger partial charge is 0.408 e. The molecule has 28 heavy (non-hydrogen) atoms. The van der Waals surface area contributed by atoms with Crippen LogP contribution in [0.25, 0.3) is 16.8 Å². The van der Waals surface area contributed by atoms with Crippen LogP contribution in [-0.4, -0.2) is 20.1 Å². The van der Waals surface area contributed by atoms with Crippen LogP contribution in [0.3, 0.4) is 0 Å². The molecule has 0 saturated carbocycles. The summed E-state index contributed by atoms with van der Waals surface area (Å²) in [7, 11) is 1.60. The Morgan fingerprint density at radius 1 is 1.25 bits per heavy atom. The molecule has 0 aliphatic rings. The van der Waals surface area contributed by atoms with Gasteiger partial charge < -0.3 is 19.6 Å². The van der Waals surface area contributed by atoms with Gasteiger partial charge in [-0.3, -0.25) is 4.57 Å². The molecule has 0 saturated heterocycles. The zero-order chi connectivity index (χ0) is 19.7. The van der Waals surface area contributed by atoms with Gasteiger partial charge in [-0.2, -0.15) is 0 Å². The van der Waals surface area contributed by atoms with E-state index in [-0.39, 0.29) is 6.54 Å². The van der Waals surface area contributed by atoms with Crippen molar-refractivity contribution in [3.8, 4) is 5.69 Å². The predicted molar refractivity (Wildman–Crippen MR) is 101 cm³/mol. The fourth-order valence-electron chi connectivity index (χ4n) is 2.84. The third-order valence-corrected chi connectivity index (χ3v) is 4.30. The highest BCUT2D eigenvalue weighted by Gasteiger charge is 2.09. The average molecular weight is 381 g/mol. The number of nitrogens with one attached hydrogen (secondary N) is 2. The molecule has 9 heteroatoms. The number of oxazole rings is 1. The van der Waals surface area contributed by atoms with Crippen molar-refractivity contribution in [3.63, 3.8) is 0 Å². The third-order valence-electron chi connectivity index (χ3n) is 4.30. The van der Waals surface area contributed by atoms with E-state index in [0.717, 1.165) is 0 Å². The molecule has 0 atom stereocenters. The standard InChI is InChI=1S/C19H16FN5O3/c1-24-16-5-3-13(9-17(16)28-19(24)27)23-18(26)22-10-12-2-4-15(14(20)8-12)25-7-6-21-11-25/h2-9,11H,10H2,1H3,(H2,22,23,26). The molecule has 2 heterocycles. The maximum atomic E-state index is 14.3. The van der Waals surface area contributed by atoms with Crippen molar-refractivity contribution in [2.75, 3.05) is 5.32 Å². The van der Waals surface area contributed by atoms with E-state index in [1.807, 2.05) is 0 Å². The Bertz CT molecular complexity index is 1210. The lowest BCUT2D eigenvalue weighted by molar-refractivity contribution is 0.251. The van der Waals surface area contributed by atoms with Crippen LogP contribution in [0.5, 0.6) is 0 Å². The zero-order valence-corrected chi connectivity index (χ0v) is 14.8. The zero-order valence-electron chi connectivity index (χ0n) is 14.8. The van der Waals surface area contributed by atoms with Crippen molar-refractivity contribution >= 4 is 22.8 Å². The minimum atomic E-state index is -0.474. The van der Waals surface area contributed by atoms with Crippen molar-refractivity contribution in [2.45, 2.75) is 6.54 Å². The van der Waals surface area contributed by atoms with E-state index in [1.54, 1.807) is 54.3 Å². The van der Waals surface area contributed by atoms with Crippen LogP contribution in [-0.2, 0) is 13.6 Å². The van der Waals surface area contributed by atoms with E-state index in [1.165, 1.54) is 17.0 Å². The number of urea groups is 1. The molecule has 2 aromatic heterocycles. The Labute approximate surface area is 158 Å². The van der Waals surface area contributed by atoms with Crippen molar-refractivity contribution < 1.29 is 13.6 Å². The average Bonchev–Trinajstić information content (AvgIpc) is 3.29. The molecule has 0 spiro atoms. The van der Waals surface area contributed by atoms with Gasteiger partial charge in [0.1, 0.15) is 5.82 Å². The maximum Gasteiger partial charge on any atom is 0.419 e. The van der Waals surface area contributed by atoms with Crippen LogP contribution in [0, 0.1) is 5.82 Å². The van der Waals surface area contributed by atoms with E-state index in [2.05, 4.69) is 15.6 Å². The van der Waals surface area contributed by atoms with Gasteiger partial charge in [-0.15, -0.1) is 0 Å². The number of aromatic nitrogens is 3. The maximum absolute atomic E-state index is 14.3. The first kappa shape index (κ1) is 17.5.